The second kappa shape index (κ2) is 3.22. The molecule has 0 atom stereocenters. The zero-order valence-electron chi connectivity index (χ0n) is 8.98. The van der Waals surface area contributed by atoms with E-state index in [2.05, 4.69) is 0 Å². The van der Waals surface area contributed by atoms with Crippen molar-refractivity contribution in [3.05, 3.63) is 42.0 Å². The van der Waals surface area contributed by atoms with Gasteiger partial charge < -0.3 is 10.2 Å². The lowest BCUT2D eigenvalue weighted by atomic mass is 9.98. The molecule has 0 amide bonds. The second-order valence-corrected chi connectivity index (χ2v) is 4.69. The van der Waals surface area contributed by atoms with Crippen LogP contribution in [0.25, 0.3) is 10.8 Å². The van der Waals surface area contributed by atoms with Crippen LogP contribution in [0, 0.1) is 0 Å². The zero-order chi connectivity index (χ0) is 11.2. The first-order chi connectivity index (χ1) is 7.68. The van der Waals surface area contributed by atoms with Crippen molar-refractivity contribution >= 4 is 10.8 Å². The van der Waals surface area contributed by atoms with Crippen molar-refractivity contribution in [1.82, 2.24) is 0 Å². The lowest BCUT2D eigenvalue weighted by Crippen LogP contribution is -2.11. The maximum absolute atomic E-state index is 9.95. The third-order valence-electron chi connectivity index (χ3n) is 3.35. The average molecular weight is 214 g/mol. The molecule has 0 heterocycles. The van der Waals surface area contributed by atoms with Crippen LogP contribution in [0.1, 0.15) is 18.4 Å². The minimum absolute atomic E-state index is 0.291. The Hall–Kier alpha value is -1.54. The third-order valence-corrected chi connectivity index (χ3v) is 3.35. The number of rotatable bonds is 2. The molecule has 2 N–H and O–H groups in total. The van der Waals surface area contributed by atoms with Crippen LogP contribution in [0.4, 0.5) is 0 Å². The summed E-state index contributed by atoms with van der Waals surface area (Å²) in [4.78, 5) is 0. The summed E-state index contributed by atoms with van der Waals surface area (Å²) < 4.78 is 0. The van der Waals surface area contributed by atoms with Gasteiger partial charge in [-0.15, -0.1) is 0 Å². The Kier molecular flexibility index (Phi) is 1.95. The van der Waals surface area contributed by atoms with E-state index in [4.69, 9.17) is 0 Å². The van der Waals surface area contributed by atoms with E-state index in [-0.39, 0.29) is 0 Å². The molecule has 1 fully saturated rings. The van der Waals surface area contributed by atoms with Gasteiger partial charge in [-0.05, 0) is 29.7 Å². The second-order valence-electron chi connectivity index (χ2n) is 4.69. The molecular formula is C14H14O2. The lowest BCUT2D eigenvalue weighted by molar-refractivity contribution is 0.150. The van der Waals surface area contributed by atoms with Crippen LogP contribution in [0.2, 0.25) is 0 Å². The topological polar surface area (TPSA) is 40.5 Å². The summed E-state index contributed by atoms with van der Waals surface area (Å²) in [7, 11) is 0. The van der Waals surface area contributed by atoms with E-state index in [1.165, 1.54) is 0 Å². The van der Waals surface area contributed by atoms with Crippen molar-refractivity contribution in [3.63, 3.8) is 0 Å². The highest BCUT2D eigenvalue weighted by molar-refractivity contribution is 5.87. The Morgan fingerprint density at radius 1 is 1.06 bits per heavy atom. The van der Waals surface area contributed by atoms with E-state index in [9.17, 15) is 10.2 Å². The number of aliphatic hydroxyl groups is 1. The summed E-state index contributed by atoms with van der Waals surface area (Å²) in [6.45, 7) is 0. The Labute approximate surface area is 94.2 Å². The number of benzene rings is 2. The van der Waals surface area contributed by atoms with Gasteiger partial charge in [-0.25, -0.2) is 0 Å². The Morgan fingerprint density at radius 2 is 1.81 bits per heavy atom. The molecule has 3 rings (SSSR count). The molecule has 2 aromatic carbocycles. The van der Waals surface area contributed by atoms with E-state index in [0.29, 0.717) is 12.2 Å². The molecule has 2 aromatic rings. The van der Waals surface area contributed by atoms with Crippen LogP contribution in [0.3, 0.4) is 0 Å². The molecule has 82 valence electrons. The van der Waals surface area contributed by atoms with E-state index in [1.54, 1.807) is 6.07 Å². The Morgan fingerprint density at radius 3 is 2.56 bits per heavy atom. The van der Waals surface area contributed by atoms with Crippen molar-refractivity contribution in [2.24, 2.45) is 0 Å². The molecule has 2 nitrogen and oxygen atoms in total. The third kappa shape index (κ3) is 1.55. The fourth-order valence-corrected chi connectivity index (χ4v) is 2.16. The highest BCUT2D eigenvalue weighted by atomic mass is 16.3. The number of fused-ring (bicyclic) bond motifs is 1. The van der Waals surface area contributed by atoms with Crippen molar-refractivity contribution < 1.29 is 10.2 Å². The Balaban J connectivity index is 2.16. The number of hydrogen-bond acceptors (Lipinski definition) is 2. The molecule has 0 aliphatic heterocycles. The Bertz CT molecular complexity index is 541. The van der Waals surface area contributed by atoms with Crippen LogP contribution >= 0.6 is 0 Å². The smallest absolute Gasteiger partial charge is 0.119 e. The van der Waals surface area contributed by atoms with E-state index in [0.717, 1.165) is 29.2 Å². The number of hydrogen-bond donors (Lipinski definition) is 2. The fraction of sp³-hybridized carbons (Fsp3) is 0.286. The predicted octanol–water partition coefficient (Wildman–Crippen LogP) is 2.61. The predicted molar refractivity (Wildman–Crippen MR) is 63.5 cm³/mol. The SMILES string of the molecule is Oc1ccc2ccccc2c1CC1(O)CC1. The van der Waals surface area contributed by atoms with Crippen molar-refractivity contribution in [2.75, 3.05) is 0 Å². The van der Waals surface area contributed by atoms with Crippen molar-refractivity contribution in [3.8, 4) is 5.75 Å². The highest BCUT2D eigenvalue weighted by Gasteiger charge is 2.41. The summed E-state index contributed by atoms with van der Waals surface area (Å²) in [5.41, 5.74) is 0.305. The summed E-state index contributed by atoms with van der Waals surface area (Å²) in [5, 5.41) is 22.0. The molecule has 0 unspecified atom stereocenters. The highest BCUT2D eigenvalue weighted by Crippen LogP contribution is 2.41. The minimum atomic E-state index is -0.568. The summed E-state index contributed by atoms with van der Waals surface area (Å²) >= 11 is 0. The summed E-state index contributed by atoms with van der Waals surface area (Å²) in [5.74, 6) is 0.291. The summed E-state index contributed by atoms with van der Waals surface area (Å²) in [6.07, 6.45) is 2.24. The standard InChI is InChI=1S/C14H14O2/c15-13-6-5-10-3-1-2-4-11(10)12(13)9-14(16)7-8-14/h1-6,15-16H,7-9H2. The molecule has 0 spiro atoms. The van der Waals surface area contributed by atoms with E-state index < -0.39 is 5.60 Å². The first-order valence-electron chi connectivity index (χ1n) is 5.60. The maximum Gasteiger partial charge on any atom is 0.119 e. The number of phenols is 1. The van der Waals surface area contributed by atoms with Crippen LogP contribution < -0.4 is 0 Å². The quantitative estimate of drug-likeness (QED) is 0.806. The zero-order valence-corrected chi connectivity index (χ0v) is 8.98. The molecule has 1 aliphatic rings. The van der Waals surface area contributed by atoms with Crippen molar-refractivity contribution in [2.45, 2.75) is 24.9 Å². The molecular weight excluding hydrogens is 200 g/mol. The van der Waals surface area contributed by atoms with Crippen LogP contribution in [0.5, 0.6) is 5.75 Å². The maximum atomic E-state index is 9.95. The minimum Gasteiger partial charge on any atom is -0.508 e. The molecule has 0 bridgehead atoms. The van der Waals surface area contributed by atoms with Gasteiger partial charge in [0.2, 0.25) is 0 Å². The molecule has 1 aliphatic carbocycles. The number of phenolic OH excluding ortho intramolecular Hbond substituents is 1. The molecule has 16 heavy (non-hydrogen) atoms. The van der Waals surface area contributed by atoms with Crippen LogP contribution in [-0.2, 0) is 6.42 Å². The average Bonchev–Trinajstić information content (AvgIpc) is 3.01. The number of aromatic hydroxyl groups is 1. The van der Waals surface area contributed by atoms with Gasteiger partial charge in [0.1, 0.15) is 5.75 Å². The van der Waals surface area contributed by atoms with E-state index >= 15 is 0 Å². The normalized spacial score (nSPS) is 17.6. The van der Waals surface area contributed by atoms with Gasteiger partial charge >= 0.3 is 0 Å². The molecule has 2 heteroatoms. The van der Waals surface area contributed by atoms with Gasteiger partial charge in [-0.2, -0.15) is 0 Å². The summed E-state index contributed by atoms with van der Waals surface area (Å²) in [6, 6.07) is 11.6. The monoisotopic (exact) mass is 214 g/mol. The largest absolute Gasteiger partial charge is 0.508 e. The molecule has 1 saturated carbocycles. The molecule has 0 radical (unpaired) electrons. The lowest BCUT2D eigenvalue weighted by Gasteiger charge is -2.12. The molecule has 0 aromatic heterocycles. The fourth-order valence-electron chi connectivity index (χ4n) is 2.16. The van der Waals surface area contributed by atoms with E-state index in [1.807, 2.05) is 30.3 Å². The van der Waals surface area contributed by atoms with Gasteiger partial charge in [0.15, 0.2) is 0 Å². The van der Waals surface area contributed by atoms with Gasteiger partial charge in [-0.1, -0.05) is 30.3 Å². The van der Waals surface area contributed by atoms with Crippen LogP contribution in [-0.4, -0.2) is 15.8 Å². The first-order valence-corrected chi connectivity index (χ1v) is 5.60. The van der Waals surface area contributed by atoms with Crippen LogP contribution in [0.15, 0.2) is 36.4 Å². The van der Waals surface area contributed by atoms with Gasteiger partial charge in [0.05, 0.1) is 5.60 Å². The van der Waals surface area contributed by atoms with Crippen molar-refractivity contribution in [1.29, 1.82) is 0 Å². The van der Waals surface area contributed by atoms with Gasteiger partial charge in [0, 0.05) is 12.0 Å². The molecule has 0 saturated heterocycles. The first kappa shape index (κ1) is 9.67. The van der Waals surface area contributed by atoms with Gasteiger partial charge in [0.25, 0.3) is 0 Å². The van der Waals surface area contributed by atoms with Gasteiger partial charge in [-0.3, -0.25) is 0 Å².